The van der Waals surface area contributed by atoms with Crippen molar-refractivity contribution >= 4 is 39.5 Å². The second-order valence-corrected chi connectivity index (χ2v) is 9.91. The van der Waals surface area contributed by atoms with Gasteiger partial charge in [0.05, 0.1) is 18.2 Å². The molecule has 5 nitrogen and oxygen atoms in total. The first-order chi connectivity index (χ1) is 14.6. The zero-order valence-corrected chi connectivity index (χ0v) is 18.2. The van der Waals surface area contributed by atoms with Crippen molar-refractivity contribution in [1.82, 2.24) is 4.90 Å². The number of rotatable bonds is 5. The Hall–Kier alpha value is -2.48. The number of hydrogen-bond acceptors (Lipinski definition) is 5. The summed E-state index contributed by atoms with van der Waals surface area (Å²) in [6, 6.07) is 12.6. The number of nitrogens with two attached hydrogens (primary N) is 1. The van der Waals surface area contributed by atoms with Gasteiger partial charge in [0.15, 0.2) is 0 Å². The van der Waals surface area contributed by atoms with E-state index in [1.165, 1.54) is 32.2 Å². The highest BCUT2D eigenvalue weighted by Gasteiger charge is 2.32. The normalized spacial score (nSPS) is 18.1. The quantitative estimate of drug-likeness (QED) is 0.634. The minimum absolute atomic E-state index is 0.0657. The molecule has 7 heteroatoms. The number of carbonyl (C=O) groups is 2. The van der Waals surface area contributed by atoms with Crippen LogP contribution < -0.4 is 11.1 Å². The van der Waals surface area contributed by atoms with Crippen LogP contribution >= 0.6 is 22.7 Å². The number of hydrogen-bond donors (Lipinski definition) is 2. The number of primary amides is 1. The molecule has 0 radical (unpaired) electrons. The molecule has 2 aromatic heterocycles. The lowest BCUT2D eigenvalue weighted by Gasteiger charge is -2.35. The molecule has 5 rings (SSSR count). The largest absolute Gasteiger partial charge is 0.365 e. The molecule has 154 valence electrons. The van der Waals surface area contributed by atoms with E-state index in [0.29, 0.717) is 10.6 Å². The lowest BCUT2D eigenvalue weighted by Crippen LogP contribution is -2.40. The fourth-order valence-electron chi connectivity index (χ4n) is 4.67. The minimum atomic E-state index is -0.451. The van der Waals surface area contributed by atoms with Crippen molar-refractivity contribution < 1.29 is 9.59 Å². The monoisotopic (exact) mass is 437 g/mol. The molecular weight excluding hydrogens is 414 g/mol. The molecule has 0 saturated heterocycles. The van der Waals surface area contributed by atoms with E-state index in [1.54, 1.807) is 11.3 Å². The van der Waals surface area contributed by atoms with Crippen LogP contribution in [-0.4, -0.2) is 29.8 Å². The summed E-state index contributed by atoms with van der Waals surface area (Å²) in [7, 11) is 0. The topological polar surface area (TPSA) is 75.4 Å². The SMILES string of the molecule is NC(=O)c1c(NC(=O)CN2CCc3sccc3C2c2ccccc2)sc2c1CCC2. The molecule has 3 N–H and O–H groups in total. The average molecular weight is 438 g/mol. The van der Waals surface area contributed by atoms with Crippen LogP contribution in [0.2, 0.25) is 0 Å². The molecule has 1 atom stereocenters. The summed E-state index contributed by atoms with van der Waals surface area (Å²) < 4.78 is 0. The number of benzene rings is 1. The van der Waals surface area contributed by atoms with E-state index < -0.39 is 5.91 Å². The Labute approximate surface area is 183 Å². The van der Waals surface area contributed by atoms with Crippen LogP contribution in [0.3, 0.4) is 0 Å². The maximum absolute atomic E-state index is 13.0. The van der Waals surface area contributed by atoms with E-state index in [4.69, 9.17) is 5.73 Å². The Morgan fingerprint density at radius 2 is 1.93 bits per heavy atom. The zero-order valence-electron chi connectivity index (χ0n) is 16.5. The van der Waals surface area contributed by atoms with E-state index in [9.17, 15) is 9.59 Å². The van der Waals surface area contributed by atoms with Gasteiger partial charge in [-0.3, -0.25) is 14.5 Å². The standard InChI is InChI=1S/C23H23N3O2S2/c24-22(28)20-15-7-4-8-18(15)30-23(20)25-19(27)13-26-11-9-17-16(10-12-29-17)21(26)14-5-2-1-3-6-14/h1-3,5-6,10,12,21H,4,7-9,11,13H2,(H2,24,28)(H,25,27). The summed E-state index contributed by atoms with van der Waals surface area (Å²) in [5.41, 5.74) is 9.67. The third-order valence-corrected chi connectivity index (χ3v) is 8.15. The van der Waals surface area contributed by atoms with Gasteiger partial charge < -0.3 is 11.1 Å². The summed E-state index contributed by atoms with van der Waals surface area (Å²) in [5.74, 6) is -0.551. The van der Waals surface area contributed by atoms with Crippen LogP contribution in [0.25, 0.3) is 0 Å². The Kier molecular flexibility index (Phi) is 5.18. The van der Waals surface area contributed by atoms with Gasteiger partial charge >= 0.3 is 0 Å². The molecule has 2 amide bonds. The third-order valence-electron chi connectivity index (χ3n) is 5.95. The summed E-state index contributed by atoms with van der Waals surface area (Å²) in [6.45, 7) is 1.10. The fraction of sp³-hybridized carbons (Fsp3) is 0.304. The van der Waals surface area contributed by atoms with Crippen LogP contribution in [0.15, 0.2) is 41.8 Å². The maximum atomic E-state index is 13.0. The maximum Gasteiger partial charge on any atom is 0.251 e. The molecule has 30 heavy (non-hydrogen) atoms. The van der Waals surface area contributed by atoms with Crippen LogP contribution in [-0.2, 0) is 24.1 Å². The van der Waals surface area contributed by atoms with Crippen LogP contribution in [0.5, 0.6) is 0 Å². The van der Waals surface area contributed by atoms with Crippen molar-refractivity contribution in [3.05, 3.63) is 73.8 Å². The lowest BCUT2D eigenvalue weighted by molar-refractivity contribution is -0.117. The first-order valence-corrected chi connectivity index (χ1v) is 11.9. The molecule has 3 heterocycles. The molecule has 2 aliphatic rings. The van der Waals surface area contributed by atoms with Crippen molar-refractivity contribution in [3.8, 4) is 0 Å². The predicted octanol–water partition coefficient (Wildman–Crippen LogP) is 3.98. The van der Waals surface area contributed by atoms with Gasteiger partial charge in [-0.05, 0) is 53.8 Å². The Morgan fingerprint density at radius 1 is 1.10 bits per heavy atom. The number of thiophene rings is 2. The van der Waals surface area contributed by atoms with Gasteiger partial charge in [0.1, 0.15) is 5.00 Å². The van der Waals surface area contributed by atoms with Gasteiger partial charge in [-0.1, -0.05) is 30.3 Å². The Balaban J connectivity index is 1.39. The second kappa shape index (κ2) is 7.98. The number of fused-ring (bicyclic) bond motifs is 2. The molecular formula is C23H23N3O2S2. The van der Waals surface area contributed by atoms with E-state index in [2.05, 4.69) is 33.8 Å². The van der Waals surface area contributed by atoms with E-state index >= 15 is 0 Å². The summed E-state index contributed by atoms with van der Waals surface area (Å²) in [5, 5.41) is 5.75. The molecule has 0 saturated carbocycles. The molecule has 0 spiro atoms. The number of anilines is 1. The van der Waals surface area contributed by atoms with Crippen LogP contribution in [0.1, 0.15) is 49.3 Å². The van der Waals surface area contributed by atoms with Gasteiger partial charge in [0, 0.05) is 16.3 Å². The smallest absolute Gasteiger partial charge is 0.251 e. The first kappa shape index (κ1) is 19.5. The zero-order chi connectivity index (χ0) is 20.7. The molecule has 1 aromatic carbocycles. The molecule has 1 aliphatic carbocycles. The van der Waals surface area contributed by atoms with Gasteiger partial charge in [-0.2, -0.15) is 0 Å². The van der Waals surface area contributed by atoms with Gasteiger partial charge in [0.25, 0.3) is 5.91 Å². The van der Waals surface area contributed by atoms with Crippen molar-refractivity contribution in [2.24, 2.45) is 5.73 Å². The lowest BCUT2D eigenvalue weighted by atomic mass is 9.93. The van der Waals surface area contributed by atoms with Crippen molar-refractivity contribution in [2.45, 2.75) is 31.7 Å². The minimum Gasteiger partial charge on any atom is -0.365 e. The first-order valence-electron chi connectivity index (χ1n) is 10.2. The highest BCUT2D eigenvalue weighted by atomic mass is 32.1. The van der Waals surface area contributed by atoms with Crippen LogP contribution in [0, 0.1) is 0 Å². The number of amides is 2. The molecule has 3 aromatic rings. The molecule has 0 bridgehead atoms. The van der Waals surface area contributed by atoms with Crippen molar-refractivity contribution in [2.75, 3.05) is 18.4 Å². The number of aryl methyl sites for hydroxylation is 1. The summed E-state index contributed by atoms with van der Waals surface area (Å²) in [4.78, 5) is 29.8. The Morgan fingerprint density at radius 3 is 2.73 bits per heavy atom. The summed E-state index contributed by atoms with van der Waals surface area (Å²) in [6.07, 6.45) is 3.82. The molecule has 1 unspecified atom stereocenters. The second-order valence-electron chi connectivity index (χ2n) is 7.81. The molecule has 1 aliphatic heterocycles. The highest BCUT2D eigenvalue weighted by molar-refractivity contribution is 7.17. The van der Waals surface area contributed by atoms with Crippen molar-refractivity contribution in [1.29, 1.82) is 0 Å². The number of nitrogens with one attached hydrogen (secondary N) is 1. The van der Waals surface area contributed by atoms with Gasteiger partial charge in [0.2, 0.25) is 5.91 Å². The van der Waals surface area contributed by atoms with E-state index in [-0.39, 0.29) is 18.5 Å². The summed E-state index contributed by atoms with van der Waals surface area (Å²) >= 11 is 3.29. The number of carbonyl (C=O) groups excluding carboxylic acids is 2. The van der Waals surface area contributed by atoms with Gasteiger partial charge in [-0.15, -0.1) is 22.7 Å². The van der Waals surface area contributed by atoms with Crippen molar-refractivity contribution in [3.63, 3.8) is 0 Å². The number of nitrogens with zero attached hydrogens (tertiary/aromatic N) is 1. The van der Waals surface area contributed by atoms with E-state index in [0.717, 1.165) is 37.8 Å². The van der Waals surface area contributed by atoms with E-state index in [1.807, 2.05) is 18.2 Å². The van der Waals surface area contributed by atoms with Crippen LogP contribution in [0.4, 0.5) is 5.00 Å². The Bertz CT molecular complexity index is 1100. The predicted molar refractivity (Wildman–Crippen MR) is 121 cm³/mol. The highest BCUT2D eigenvalue weighted by Crippen LogP contribution is 2.40. The third kappa shape index (κ3) is 3.47. The molecule has 0 fully saturated rings. The fourth-order valence-corrected chi connectivity index (χ4v) is 6.88. The average Bonchev–Trinajstić information content (AvgIpc) is 3.43. The van der Waals surface area contributed by atoms with Gasteiger partial charge in [-0.25, -0.2) is 0 Å².